The van der Waals surface area contributed by atoms with E-state index in [0.717, 1.165) is 23.0 Å². The molecule has 3 heterocycles. The van der Waals surface area contributed by atoms with Crippen molar-refractivity contribution < 1.29 is 18.0 Å². The van der Waals surface area contributed by atoms with E-state index in [1.165, 1.54) is 19.1 Å². The predicted molar refractivity (Wildman–Crippen MR) is 141 cm³/mol. The number of aryl methyl sites for hydroxylation is 3. The number of alkyl halides is 3. The molecule has 1 amide bonds. The van der Waals surface area contributed by atoms with Gasteiger partial charge in [0.25, 0.3) is 5.91 Å². The van der Waals surface area contributed by atoms with E-state index in [1.54, 1.807) is 52.1 Å². The lowest BCUT2D eigenvalue weighted by Crippen LogP contribution is -2.15. The molecule has 0 fully saturated rings. The number of aromatic nitrogens is 5. The van der Waals surface area contributed by atoms with Gasteiger partial charge in [0, 0.05) is 30.1 Å². The summed E-state index contributed by atoms with van der Waals surface area (Å²) >= 11 is 0. The van der Waals surface area contributed by atoms with Crippen molar-refractivity contribution in [3.8, 4) is 11.8 Å². The van der Waals surface area contributed by atoms with Crippen molar-refractivity contribution in [1.82, 2.24) is 24.4 Å². The van der Waals surface area contributed by atoms with Crippen LogP contribution in [-0.4, -0.2) is 30.3 Å². The number of carbonyl (C=O) groups is 1. The minimum Gasteiger partial charge on any atom is -0.350 e. The number of carbonyl (C=O) groups excluding carboxylic acids is 1. The van der Waals surface area contributed by atoms with Crippen LogP contribution >= 0.6 is 0 Å². The lowest BCUT2D eigenvalue weighted by molar-refractivity contribution is -0.138. The lowest BCUT2D eigenvalue weighted by Gasteiger charge is -2.12. The summed E-state index contributed by atoms with van der Waals surface area (Å²) < 4.78 is 43.1. The Labute approximate surface area is 221 Å². The third-order valence-corrected chi connectivity index (χ3v) is 6.01. The number of rotatable bonds is 4. The first-order valence-electron chi connectivity index (χ1n) is 11.8. The van der Waals surface area contributed by atoms with Crippen molar-refractivity contribution in [2.45, 2.75) is 20.0 Å². The minimum absolute atomic E-state index is 0.0498. The number of amides is 1. The smallest absolute Gasteiger partial charge is 0.350 e. The summed E-state index contributed by atoms with van der Waals surface area (Å²) in [6.45, 7) is 3.22. The van der Waals surface area contributed by atoms with Gasteiger partial charge in [0.05, 0.1) is 35.5 Å². The monoisotopic (exact) mass is 529 g/mol. The fourth-order valence-corrected chi connectivity index (χ4v) is 3.96. The third-order valence-electron chi connectivity index (χ3n) is 6.01. The first kappa shape index (κ1) is 25.5. The zero-order chi connectivity index (χ0) is 27.7. The maximum absolute atomic E-state index is 13.3. The van der Waals surface area contributed by atoms with Gasteiger partial charge in [-0.15, -0.1) is 0 Å². The first-order valence-corrected chi connectivity index (χ1v) is 11.8. The highest BCUT2D eigenvalue weighted by atomic mass is 19.4. The van der Waals surface area contributed by atoms with Crippen molar-refractivity contribution in [1.29, 1.82) is 0 Å². The van der Waals surface area contributed by atoms with E-state index in [-0.39, 0.29) is 11.1 Å². The van der Waals surface area contributed by atoms with Crippen molar-refractivity contribution >= 4 is 28.6 Å². The average Bonchev–Trinajstić information content (AvgIpc) is 3.50. The summed E-state index contributed by atoms with van der Waals surface area (Å²) in [4.78, 5) is 17.2. The standard InChI is InChI=1S/C28H22F3N7O/c1-17-5-8-21(36-27(39)20-6-4-18(2)24(13-20)28(29,30)31)12-19(17)7-9-23-15-32-26-25(10-11-33-38(23)26)35-22-14-34-37(3)16-22/h4-6,8,10-16,35H,1-3H3,(H,36,39). The fourth-order valence-electron chi connectivity index (χ4n) is 3.96. The molecule has 0 radical (unpaired) electrons. The Morgan fingerprint density at radius 1 is 0.949 bits per heavy atom. The summed E-state index contributed by atoms with van der Waals surface area (Å²) in [5.74, 6) is 5.50. The van der Waals surface area contributed by atoms with Gasteiger partial charge in [-0.1, -0.05) is 18.1 Å². The molecule has 0 aliphatic heterocycles. The maximum Gasteiger partial charge on any atom is 0.416 e. The van der Waals surface area contributed by atoms with E-state index in [9.17, 15) is 18.0 Å². The summed E-state index contributed by atoms with van der Waals surface area (Å²) in [7, 11) is 1.82. The van der Waals surface area contributed by atoms with Gasteiger partial charge in [0.1, 0.15) is 5.69 Å². The second-order valence-electron chi connectivity index (χ2n) is 8.91. The lowest BCUT2D eigenvalue weighted by atomic mass is 10.0. The molecule has 196 valence electrons. The Kier molecular flexibility index (Phi) is 6.54. The normalized spacial score (nSPS) is 11.2. The topological polar surface area (TPSA) is 89.1 Å². The molecule has 2 N–H and O–H groups in total. The molecule has 39 heavy (non-hydrogen) atoms. The first-order chi connectivity index (χ1) is 18.6. The van der Waals surface area contributed by atoms with E-state index in [0.29, 0.717) is 22.6 Å². The van der Waals surface area contributed by atoms with E-state index in [4.69, 9.17) is 0 Å². The van der Waals surface area contributed by atoms with E-state index >= 15 is 0 Å². The number of halogens is 3. The number of nitrogens with one attached hydrogen (secondary N) is 2. The average molecular weight is 530 g/mol. The second kappa shape index (κ2) is 9.98. The molecule has 8 nitrogen and oxygen atoms in total. The molecule has 0 aliphatic rings. The number of imidazole rings is 1. The van der Waals surface area contributed by atoms with E-state index in [2.05, 4.69) is 37.7 Å². The maximum atomic E-state index is 13.3. The van der Waals surface area contributed by atoms with Crippen LogP contribution in [0, 0.1) is 25.7 Å². The van der Waals surface area contributed by atoms with Gasteiger partial charge in [-0.3, -0.25) is 9.48 Å². The van der Waals surface area contributed by atoms with Crippen LogP contribution < -0.4 is 10.6 Å². The molecule has 5 rings (SSSR count). The molecule has 0 atom stereocenters. The van der Waals surface area contributed by atoms with Crippen molar-refractivity contribution in [2.24, 2.45) is 7.05 Å². The van der Waals surface area contributed by atoms with Crippen LogP contribution in [0.1, 0.15) is 38.3 Å². The van der Waals surface area contributed by atoms with Crippen molar-refractivity contribution in [3.05, 3.63) is 101 Å². The molecular formula is C28H22F3N7O. The summed E-state index contributed by atoms with van der Waals surface area (Å²) in [6, 6.07) is 10.4. The zero-order valence-electron chi connectivity index (χ0n) is 21.1. The molecule has 11 heteroatoms. The highest BCUT2D eigenvalue weighted by Gasteiger charge is 2.33. The number of fused-ring (bicyclic) bond motifs is 1. The molecular weight excluding hydrogens is 507 g/mol. The van der Waals surface area contributed by atoms with Gasteiger partial charge >= 0.3 is 6.18 Å². The Balaban J connectivity index is 1.39. The summed E-state index contributed by atoms with van der Waals surface area (Å²) in [5.41, 5.74) is 3.68. The molecule has 3 aromatic heterocycles. The largest absolute Gasteiger partial charge is 0.416 e. The Bertz CT molecular complexity index is 1770. The number of hydrogen-bond acceptors (Lipinski definition) is 5. The highest BCUT2D eigenvalue weighted by molar-refractivity contribution is 6.04. The van der Waals surface area contributed by atoms with Gasteiger partial charge in [0.2, 0.25) is 0 Å². The van der Waals surface area contributed by atoms with Crippen LogP contribution in [0.5, 0.6) is 0 Å². The second-order valence-corrected chi connectivity index (χ2v) is 8.91. The number of benzene rings is 2. The molecule has 0 aliphatic carbocycles. The van der Waals surface area contributed by atoms with Gasteiger partial charge in [-0.25, -0.2) is 9.50 Å². The van der Waals surface area contributed by atoms with Crippen LogP contribution in [0.3, 0.4) is 0 Å². The molecule has 2 aromatic carbocycles. The molecule has 0 saturated heterocycles. The number of hydrogen-bond donors (Lipinski definition) is 2. The van der Waals surface area contributed by atoms with Crippen molar-refractivity contribution in [3.63, 3.8) is 0 Å². The highest BCUT2D eigenvalue weighted by Crippen LogP contribution is 2.32. The number of nitrogens with zero attached hydrogens (tertiary/aromatic N) is 5. The zero-order valence-corrected chi connectivity index (χ0v) is 21.1. The van der Waals surface area contributed by atoms with E-state index < -0.39 is 17.6 Å². The molecule has 5 aromatic rings. The molecule has 0 saturated carbocycles. The van der Waals surface area contributed by atoms with Gasteiger partial charge in [-0.2, -0.15) is 23.4 Å². The van der Waals surface area contributed by atoms with Crippen LogP contribution in [-0.2, 0) is 13.2 Å². The quantitative estimate of drug-likeness (QED) is 0.301. The summed E-state index contributed by atoms with van der Waals surface area (Å²) in [5, 5.41) is 14.4. The minimum atomic E-state index is -4.55. The van der Waals surface area contributed by atoms with E-state index in [1.807, 2.05) is 20.2 Å². The Hall–Kier alpha value is -5.11. The fraction of sp³-hybridized carbons (Fsp3) is 0.143. The van der Waals surface area contributed by atoms with Gasteiger partial charge in [-0.05, 0) is 61.2 Å². The molecule has 0 spiro atoms. The molecule has 0 bridgehead atoms. The summed E-state index contributed by atoms with van der Waals surface area (Å²) in [6.07, 6.45) is 2.23. The van der Waals surface area contributed by atoms with Gasteiger partial charge < -0.3 is 10.6 Å². The predicted octanol–water partition coefficient (Wildman–Crippen LogP) is 5.49. The van der Waals surface area contributed by atoms with Crippen molar-refractivity contribution in [2.75, 3.05) is 10.6 Å². The third kappa shape index (κ3) is 5.45. The molecule has 0 unspecified atom stereocenters. The van der Waals surface area contributed by atoms with Crippen LogP contribution in [0.4, 0.5) is 30.2 Å². The Morgan fingerprint density at radius 3 is 2.49 bits per heavy atom. The van der Waals surface area contributed by atoms with Crippen LogP contribution in [0.15, 0.2) is 67.3 Å². The van der Waals surface area contributed by atoms with Crippen LogP contribution in [0.2, 0.25) is 0 Å². The SMILES string of the molecule is Cc1ccc(NC(=O)c2ccc(C)c(C(F)(F)F)c2)cc1C#Cc1cnc2c(Nc3cnn(C)c3)ccnn12. The van der Waals surface area contributed by atoms with Gasteiger partial charge in [0.15, 0.2) is 5.65 Å². The number of anilines is 3. The van der Waals surface area contributed by atoms with Crippen LogP contribution in [0.25, 0.3) is 5.65 Å². The Morgan fingerprint density at radius 2 is 1.74 bits per heavy atom.